The summed E-state index contributed by atoms with van der Waals surface area (Å²) in [5, 5.41) is 3.36. The van der Waals surface area contributed by atoms with Crippen molar-refractivity contribution in [3.63, 3.8) is 0 Å². The molecule has 0 amide bonds. The van der Waals surface area contributed by atoms with Crippen LogP contribution in [0.25, 0.3) is 0 Å². The van der Waals surface area contributed by atoms with Crippen LogP contribution >= 0.6 is 0 Å². The Morgan fingerprint density at radius 3 is 2.67 bits per heavy atom. The number of rotatable bonds is 3. The molecule has 1 aromatic rings. The maximum absolute atomic E-state index is 11.8. The number of esters is 1. The lowest BCUT2D eigenvalue weighted by atomic mass is 9.88. The van der Waals surface area contributed by atoms with Crippen LogP contribution in [-0.2, 0) is 9.53 Å². The Morgan fingerprint density at radius 1 is 1.39 bits per heavy atom. The van der Waals surface area contributed by atoms with E-state index in [1.807, 2.05) is 44.2 Å². The van der Waals surface area contributed by atoms with Crippen molar-refractivity contribution in [2.75, 3.05) is 0 Å². The fourth-order valence-corrected chi connectivity index (χ4v) is 2.33. The van der Waals surface area contributed by atoms with Gasteiger partial charge in [0, 0.05) is 0 Å². The van der Waals surface area contributed by atoms with E-state index in [9.17, 15) is 4.79 Å². The SMILES string of the molecule is C=CC[C@@H]1N[C@@H](c2ccccc2)C(C)(C)OC1=O. The summed E-state index contributed by atoms with van der Waals surface area (Å²) in [6, 6.07) is 9.75. The van der Waals surface area contributed by atoms with Crippen LogP contribution in [0.5, 0.6) is 0 Å². The molecule has 1 saturated heterocycles. The summed E-state index contributed by atoms with van der Waals surface area (Å²) >= 11 is 0. The first kappa shape index (κ1) is 12.8. The minimum absolute atomic E-state index is 0.00125. The van der Waals surface area contributed by atoms with Gasteiger partial charge in [0.15, 0.2) is 0 Å². The Kier molecular flexibility index (Phi) is 3.53. The van der Waals surface area contributed by atoms with Gasteiger partial charge in [-0.15, -0.1) is 6.58 Å². The monoisotopic (exact) mass is 245 g/mol. The highest BCUT2D eigenvalue weighted by Gasteiger charge is 2.42. The number of ether oxygens (including phenoxy) is 1. The smallest absolute Gasteiger partial charge is 0.324 e. The lowest BCUT2D eigenvalue weighted by molar-refractivity contribution is -0.171. The normalized spacial score (nSPS) is 26.4. The van der Waals surface area contributed by atoms with Gasteiger partial charge in [-0.25, -0.2) is 0 Å². The number of cyclic esters (lactones) is 1. The molecule has 0 aromatic heterocycles. The zero-order valence-corrected chi connectivity index (χ0v) is 10.8. The summed E-state index contributed by atoms with van der Waals surface area (Å²) in [5.41, 5.74) is 0.583. The number of carbonyl (C=O) groups is 1. The van der Waals surface area contributed by atoms with Gasteiger partial charge in [0.2, 0.25) is 0 Å². The van der Waals surface area contributed by atoms with Crippen molar-refractivity contribution in [3.8, 4) is 0 Å². The highest BCUT2D eigenvalue weighted by molar-refractivity contribution is 5.77. The van der Waals surface area contributed by atoms with Gasteiger partial charge in [0.1, 0.15) is 11.6 Å². The predicted molar refractivity (Wildman–Crippen MR) is 71.1 cm³/mol. The third-order valence-electron chi connectivity index (χ3n) is 3.25. The summed E-state index contributed by atoms with van der Waals surface area (Å²) in [4.78, 5) is 11.8. The molecule has 1 aromatic carbocycles. The first-order chi connectivity index (χ1) is 8.54. The fraction of sp³-hybridized carbons (Fsp3) is 0.400. The largest absolute Gasteiger partial charge is 0.456 e. The average Bonchev–Trinajstić information content (AvgIpc) is 2.33. The molecular formula is C15H19NO2. The van der Waals surface area contributed by atoms with Crippen molar-refractivity contribution < 1.29 is 9.53 Å². The van der Waals surface area contributed by atoms with Crippen molar-refractivity contribution in [1.82, 2.24) is 5.32 Å². The second kappa shape index (κ2) is 4.94. The number of carbonyl (C=O) groups excluding carboxylic acids is 1. The van der Waals surface area contributed by atoms with E-state index in [2.05, 4.69) is 11.9 Å². The zero-order chi connectivity index (χ0) is 13.2. The Labute approximate surface area is 108 Å². The van der Waals surface area contributed by atoms with Crippen LogP contribution in [0.15, 0.2) is 43.0 Å². The molecule has 18 heavy (non-hydrogen) atoms. The summed E-state index contributed by atoms with van der Waals surface area (Å²) in [6.07, 6.45) is 2.32. The van der Waals surface area contributed by atoms with Gasteiger partial charge in [-0.2, -0.15) is 0 Å². The Morgan fingerprint density at radius 2 is 2.06 bits per heavy atom. The molecule has 2 rings (SSSR count). The van der Waals surface area contributed by atoms with E-state index in [0.29, 0.717) is 6.42 Å². The first-order valence-corrected chi connectivity index (χ1v) is 6.19. The van der Waals surface area contributed by atoms with Gasteiger partial charge >= 0.3 is 5.97 Å². The first-order valence-electron chi connectivity index (χ1n) is 6.19. The lowest BCUT2D eigenvalue weighted by Crippen LogP contribution is -2.56. The van der Waals surface area contributed by atoms with Crippen molar-refractivity contribution >= 4 is 5.97 Å². The van der Waals surface area contributed by atoms with Crippen molar-refractivity contribution in [1.29, 1.82) is 0 Å². The molecule has 1 aliphatic heterocycles. The second-order valence-corrected chi connectivity index (χ2v) is 5.11. The van der Waals surface area contributed by atoms with Gasteiger partial charge in [-0.1, -0.05) is 36.4 Å². The third kappa shape index (κ3) is 2.46. The minimum Gasteiger partial charge on any atom is -0.456 e. The molecular weight excluding hydrogens is 226 g/mol. The molecule has 2 atom stereocenters. The maximum atomic E-state index is 11.8. The molecule has 1 heterocycles. The number of hydrogen-bond donors (Lipinski definition) is 1. The van der Waals surface area contributed by atoms with E-state index < -0.39 is 5.60 Å². The molecule has 0 bridgehead atoms. The molecule has 0 saturated carbocycles. The lowest BCUT2D eigenvalue weighted by Gasteiger charge is -2.42. The highest BCUT2D eigenvalue weighted by Crippen LogP contribution is 2.33. The fourth-order valence-electron chi connectivity index (χ4n) is 2.33. The van der Waals surface area contributed by atoms with Crippen LogP contribution in [0.4, 0.5) is 0 Å². The minimum atomic E-state index is -0.546. The van der Waals surface area contributed by atoms with Gasteiger partial charge < -0.3 is 4.74 Å². The van der Waals surface area contributed by atoms with Crippen LogP contribution in [0.1, 0.15) is 31.9 Å². The summed E-state index contributed by atoms with van der Waals surface area (Å²) < 4.78 is 5.56. The predicted octanol–water partition coefficient (Wildman–Crippen LogP) is 2.60. The average molecular weight is 245 g/mol. The number of benzene rings is 1. The Hall–Kier alpha value is -1.61. The molecule has 3 heteroatoms. The van der Waals surface area contributed by atoms with E-state index in [0.717, 1.165) is 5.56 Å². The molecule has 3 nitrogen and oxygen atoms in total. The molecule has 0 spiro atoms. The number of morpholine rings is 1. The molecule has 96 valence electrons. The Bertz CT molecular complexity index is 439. The quantitative estimate of drug-likeness (QED) is 0.657. The maximum Gasteiger partial charge on any atom is 0.324 e. The molecule has 1 N–H and O–H groups in total. The van der Waals surface area contributed by atoms with Gasteiger partial charge in [-0.3, -0.25) is 10.1 Å². The van der Waals surface area contributed by atoms with E-state index in [4.69, 9.17) is 4.74 Å². The van der Waals surface area contributed by atoms with Crippen LogP contribution in [0.3, 0.4) is 0 Å². The van der Waals surface area contributed by atoms with Crippen LogP contribution < -0.4 is 5.32 Å². The molecule has 1 aliphatic rings. The van der Waals surface area contributed by atoms with Gasteiger partial charge in [0.25, 0.3) is 0 Å². The molecule has 0 aliphatic carbocycles. The topological polar surface area (TPSA) is 38.3 Å². The van der Waals surface area contributed by atoms with Gasteiger partial charge in [0.05, 0.1) is 6.04 Å². The zero-order valence-electron chi connectivity index (χ0n) is 10.8. The van der Waals surface area contributed by atoms with E-state index in [-0.39, 0.29) is 18.1 Å². The molecule has 0 unspecified atom stereocenters. The number of hydrogen-bond acceptors (Lipinski definition) is 3. The highest BCUT2D eigenvalue weighted by atomic mass is 16.6. The van der Waals surface area contributed by atoms with Crippen molar-refractivity contribution in [3.05, 3.63) is 48.6 Å². The second-order valence-electron chi connectivity index (χ2n) is 5.11. The van der Waals surface area contributed by atoms with Crippen LogP contribution in [0.2, 0.25) is 0 Å². The van der Waals surface area contributed by atoms with Crippen LogP contribution in [-0.4, -0.2) is 17.6 Å². The Balaban J connectivity index is 2.27. The number of nitrogens with one attached hydrogen (secondary N) is 1. The van der Waals surface area contributed by atoms with E-state index in [1.54, 1.807) is 6.08 Å². The van der Waals surface area contributed by atoms with Crippen molar-refractivity contribution in [2.45, 2.75) is 38.0 Å². The van der Waals surface area contributed by atoms with E-state index >= 15 is 0 Å². The van der Waals surface area contributed by atoms with E-state index in [1.165, 1.54) is 0 Å². The third-order valence-corrected chi connectivity index (χ3v) is 3.25. The standard InChI is InChI=1S/C15H19NO2/c1-4-8-12-14(17)18-15(2,3)13(16-12)11-9-6-5-7-10-11/h4-7,9-10,12-13,16H,1,8H2,2-3H3/t12-,13-/m0/s1. The summed E-state index contributed by atoms with van der Waals surface area (Å²) in [6.45, 7) is 7.54. The molecule has 0 radical (unpaired) electrons. The van der Waals surface area contributed by atoms with Gasteiger partial charge in [-0.05, 0) is 25.8 Å². The van der Waals surface area contributed by atoms with Crippen LogP contribution in [0, 0.1) is 0 Å². The summed E-state index contributed by atoms with van der Waals surface area (Å²) in [5.74, 6) is -0.202. The molecule has 1 fully saturated rings. The summed E-state index contributed by atoms with van der Waals surface area (Å²) in [7, 11) is 0. The van der Waals surface area contributed by atoms with Crippen molar-refractivity contribution in [2.24, 2.45) is 0 Å².